The Bertz CT molecular complexity index is 861. The number of halogens is 2. The van der Waals surface area contributed by atoms with E-state index in [4.69, 9.17) is 14.2 Å². The molecule has 7 nitrogen and oxygen atoms in total. The number of aliphatic imine (C=N–C) groups is 1. The van der Waals surface area contributed by atoms with Crippen LogP contribution in [0.15, 0.2) is 47.5 Å². The van der Waals surface area contributed by atoms with Crippen molar-refractivity contribution in [1.29, 1.82) is 0 Å². The Balaban J connectivity index is 0.00000363. The van der Waals surface area contributed by atoms with Gasteiger partial charge < -0.3 is 24.8 Å². The number of guanidine groups is 1. The van der Waals surface area contributed by atoms with Crippen LogP contribution in [0.5, 0.6) is 11.5 Å². The summed E-state index contributed by atoms with van der Waals surface area (Å²) in [5.41, 5.74) is 1.89. The number of anilines is 1. The minimum absolute atomic E-state index is 0. The molecule has 0 aliphatic carbocycles. The van der Waals surface area contributed by atoms with Crippen LogP contribution in [0.2, 0.25) is 0 Å². The summed E-state index contributed by atoms with van der Waals surface area (Å²) in [4.78, 5) is 6.69. The highest BCUT2D eigenvalue weighted by Crippen LogP contribution is 2.30. The molecule has 3 rings (SSSR count). The van der Waals surface area contributed by atoms with Crippen molar-refractivity contribution in [2.75, 3.05) is 58.9 Å². The molecule has 0 amide bonds. The fraction of sp³-hybridized carbons (Fsp3) is 0.435. The third-order valence-corrected chi connectivity index (χ3v) is 5.15. The van der Waals surface area contributed by atoms with E-state index >= 15 is 0 Å². The third-order valence-electron chi connectivity index (χ3n) is 5.15. The van der Waals surface area contributed by atoms with Crippen molar-refractivity contribution in [2.24, 2.45) is 4.99 Å². The van der Waals surface area contributed by atoms with E-state index in [1.54, 1.807) is 14.2 Å². The number of methoxy groups -OCH3 is 1. The van der Waals surface area contributed by atoms with Crippen LogP contribution in [0.3, 0.4) is 0 Å². The van der Waals surface area contributed by atoms with Crippen molar-refractivity contribution >= 4 is 35.6 Å². The average Bonchev–Trinajstić information content (AvgIpc) is 2.80. The lowest BCUT2D eigenvalue weighted by molar-refractivity contribution is 0.0170. The summed E-state index contributed by atoms with van der Waals surface area (Å²) in [6.07, 6.45) is 0. The Morgan fingerprint density at radius 3 is 2.50 bits per heavy atom. The SMILES string of the molecule is CCOc1cc(NC(=NC)NCC(c2ccc(F)cc2)N2CCOCC2)ccc1OC.I. The quantitative estimate of drug-likeness (QED) is 0.291. The molecule has 0 aromatic heterocycles. The second-order valence-electron chi connectivity index (χ2n) is 7.09. The van der Waals surface area contributed by atoms with E-state index in [0.717, 1.165) is 24.3 Å². The second kappa shape index (κ2) is 13.4. The van der Waals surface area contributed by atoms with E-state index in [9.17, 15) is 4.39 Å². The van der Waals surface area contributed by atoms with Crippen molar-refractivity contribution in [3.63, 3.8) is 0 Å². The summed E-state index contributed by atoms with van der Waals surface area (Å²) in [6.45, 7) is 6.12. The van der Waals surface area contributed by atoms with E-state index in [2.05, 4.69) is 20.5 Å². The summed E-state index contributed by atoms with van der Waals surface area (Å²) in [7, 11) is 3.34. The maximum atomic E-state index is 13.4. The molecule has 1 heterocycles. The molecule has 176 valence electrons. The Morgan fingerprint density at radius 1 is 1.16 bits per heavy atom. The van der Waals surface area contributed by atoms with E-state index in [1.165, 1.54) is 12.1 Å². The molecular weight excluding hydrogens is 526 g/mol. The molecule has 2 aromatic carbocycles. The van der Waals surface area contributed by atoms with Gasteiger partial charge in [-0.15, -0.1) is 24.0 Å². The first-order valence-corrected chi connectivity index (χ1v) is 10.5. The van der Waals surface area contributed by atoms with Crippen molar-refractivity contribution in [1.82, 2.24) is 10.2 Å². The zero-order valence-corrected chi connectivity index (χ0v) is 21.1. The first kappa shape index (κ1) is 26.1. The molecule has 9 heteroatoms. The predicted molar refractivity (Wildman–Crippen MR) is 136 cm³/mol. The normalized spacial score (nSPS) is 15.4. The summed E-state index contributed by atoms with van der Waals surface area (Å²) in [6, 6.07) is 12.4. The lowest BCUT2D eigenvalue weighted by Crippen LogP contribution is -2.44. The lowest BCUT2D eigenvalue weighted by atomic mass is 10.0. The standard InChI is InChI=1S/C23H31FN4O3.HI/c1-4-31-22-15-19(9-10-21(22)29-3)27-23(25-2)26-16-20(28-11-13-30-14-12-28)17-5-7-18(24)8-6-17;/h5-10,15,20H,4,11-14,16H2,1-3H3,(H2,25,26,27);1H. The molecule has 0 bridgehead atoms. The van der Waals surface area contributed by atoms with Gasteiger partial charge in [0.05, 0.1) is 33.0 Å². The molecule has 1 atom stereocenters. The molecule has 0 saturated carbocycles. The molecule has 1 saturated heterocycles. The monoisotopic (exact) mass is 558 g/mol. The molecule has 1 unspecified atom stereocenters. The van der Waals surface area contributed by atoms with Crippen LogP contribution in [-0.2, 0) is 4.74 Å². The van der Waals surface area contributed by atoms with E-state index in [1.807, 2.05) is 37.3 Å². The average molecular weight is 558 g/mol. The highest BCUT2D eigenvalue weighted by atomic mass is 127. The predicted octanol–water partition coefficient (Wildman–Crippen LogP) is 3.91. The maximum Gasteiger partial charge on any atom is 0.195 e. The van der Waals surface area contributed by atoms with Crippen molar-refractivity contribution in [3.8, 4) is 11.5 Å². The van der Waals surface area contributed by atoms with Gasteiger partial charge in [-0.25, -0.2) is 4.39 Å². The number of morpholine rings is 1. The van der Waals surface area contributed by atoms with Gasteiger partial charge in [-0.3, -0.25) is 9.89 Å². The molecule has 32 heavy (non-hydrogen) atoms. The minimum atomic E-state index is -0.237. The Kier molecular flexibility index (Phi) is 11.0. The van der Waals surface area contributed by atoms with Gasteiger partial charge in [0, 0.05) is 38.4 Å². The number of nitrogens with zero attached hydrogens (tertiary/aromatic N) is 2. The molecule has 2 aromatic rings. The molecule has 1 aliphatic rings. The third kappa shape index (κ3) is 7.21. The van der Waals surface area contributed by atoms with Gasteiger partial charge in [0.1, 0.15) is 5.82 Å². The highest BCUT2D eigenvalue weighted by molar-refractivity contribution is 14.0. The zero-order valence-electron chi connectivity index (χ0n) is 18.8. The number of hydrogen-bond acceptors (Lipinski definition) is 5. The van der Waals surface area contributed by atoms with E-state index in [-0.39, 0.29) is 35.8 Å². The zero-order chi connectivity index (χ0) is 22.1. The first-order chi connectivity index (χ1) is 15.1. The van der Waals surface area contributed by atoms with Gasteiger partial charge in [0.2, 0.25) is 0 Å². The first-order valence-electron chi connectivity index (χ1n) is 10.5. The van der Waals surface area contributed by atoms with Crippen LogP contribution in [0.1, 0.15) is 18.5 Å². The number of nitrogens with one attached hydrogen (secondary N) is 2. The van der Waals surface area contributed by atoms with E-state index in [0.29, 0.717) is 43.8 Å². The molecule has 1 aliphatic heterocycles. The fourth-order valence-electron chi connectivity index (χ4n) is 3.56. The van der Waals surface area contributed by atoms with Crippen LogP contribution in [0, 0.1) is 5.82 Å². The Labute approximate surface area is 206 Å². The van der Waals surface area contributed by atoms with Gasteiger partial charge in [0.25, 0.3) is 0 Å². The van der Waals surface area contributed by atoms with Crippen LogP contribution in [-0.4, -0.2) is 64.5 Å². The Hall–Kier alpha value is -2.11. The lowest BCUT2D eigenvalue weighted by Gasteiger charge is -2.35. The summed E-state index contributed by atoms with van der Waals surface area (Å²) >= 11 is 0. The minimum Gasteiger partial charge on any atom is -0.493 e. The Morgan fingerprint density at radius 2 is 1.88 bits per heavy atom. The van der Waals surface area contributed by atoms with Crippen LogP contribution in [0.4, 0.5) is 10.1 Å². The van der Waals surface area contributed by atoms with Gasteiger partial charge in [-0.05, 0) is 36.8 Å². The molecular formula is C23H32FIN4O3. The number of benzene rings is 2. The van der Waals surface area contributed by atoms with Gasteiger partial charge >= 0.3 is 0 Å². The molecule has 2 N–H and O–H groups in total. The fourth-order valence-corrected chi connectivity index (χ4v) is 3.56. The highest BCUT2D eigenvalue weighted by Gasteiger charge is 2.23. The van der Waals surface area contributed by atoms with Gasteiger partial charge in [-0.2, -0.15) is 0 Å². The number of ether oxygens (including phenoxy) is 3. The number of hydrogen-bond donors (Lipinski definition) is 2. The second-order valence-corrected chi connectivity index (χ2v) is 7.09. The molecule has 0 spiro atoms. The van der Waals surface area contributed by atoms with Crippen LogP contribution < -0.4 is 20.1 Å². The number of rotatable bonds is 8. The molecule has 0 radical (unpaired) electrons. The van der Waals surface area contributed by atoms with Crippen LogP contribution in [0.25, 0.3) is 0 Å². The van der Waals surface area contributed by atoms with Crippen molar-refractivity contribution in [2.45, 2.75) is 13.0 Å². The van der Waals surface area contributed by atoms with E-state index < -0.39 is 0 Å². The summed E-state index contributed by atoms with van der Waals surface area (Å²) < 4.78 is 29.9. The van der Waals surface area contributed by atoms with Gasteiger partial charge in [0.15, 0.2) is 17.5 Å². The maximum absolute atomic E-state index is 13.4. The topological polar surface area (TPSA) is 67.4 Å². The largest absolute Gasteiger partial charge is 0.493 e. The smallest absolute Gasteiger partial charge is 0.195 e. The van der Waals surface area contributed by atoms with Gasteiger partial charge in [-0.1, -0.05) is 12.1 Å². The van der Waals surface area contributed by atoms with Crippen LogP contribution >= 0.6 is 24.0 Å². The van der Waals surface area contributed by atoms with Crippen molar-refractivity contribution < 1.29 is 18.6 Å². The summed E-state index contributed by atoms with van der Waals surface area (Å²) in [5.74, 6) is 1.74. The molecule has 1 fully saturated rings. The summed E-state index contributed by atoms with van der Waals surface area (Å²) in [5, 5.41) is 6.70. The van der Waals surface area contributed by atoms with Crippen molar-refractivity contribution in [3.05, 3.63) is 53.8 Å².